The Bertz CT molecular complexity index is 862. The molecule has 1 heterocycles. The lowest BCUT2D eigenvalue weighted by Crippen LogP contribution is -2.39. The van der Waals surface area contributed by atoms with Crippen molar-refractivity contribution in [1.29, 1.82) is 0 Å². The second-order valence-electron chi connectivity index (χ2n) is 6.19. The lowest BCUT2D eigenvalue weighted by molar-refractivity contribution is -0.117. The summed E-state index contributed by atoms with van der Waals surface area (Å²) in [5, 5.41) is 3.38. The summed E-state index contributed by atoms with van der Waals surface area (Å²) in [6.45, 7) is 0.614. The molecule has 3 amide bonds. The number of nitrogens with one attached hydrogen (secondary N) is 1. The fourth-order valence-electron chi connectivity index (χ4n) is 2.83. The van der Waals surface area contributed by atoms with Crippen molar-refractivity contribution in [3.63, 3.8) is 0 Å². The van der Waals surface area contributed by atoms with Gasteiger partial charge >= 0.3 is 0 Å². The number of imide groups is 1. The highest BCUT2D eigenvalue weighted by Crippen LogP contribution is 2.29. The molecule has 0 bridgehead atoms. The zero-order chi connectivity index (χ0) is 19.6. The minimum atomic E-state index is -0.309. The number of hydrogen-bond acceptors (Lipinski definition) is 4. The van der Waals surface area contributed by atoms with Gasteiger partial charge in [-0.15, -0.1) is 0 Å². The summed E-state index contributed by atoms with van der Waals surface area (Å²) in [6.07, 6.45) is 0. The van der Waals surface area contributed by atoms with E-state index in [1.165, 1.54) is 4.90 Å². The van der Waals surface area contributed by atoms with Crippen molar-refractivity contribution >= 4 is 46.6 Å². The van der Waals surface area contributed by atoms with Crippen LogP contribution in [0.4, 0.5) is 5.69 Å². The van der Waals surface area contributed by atoms with Crippen LogP contribution in [-0.4, -0.2) is 54.2 Å². The summed E-state index contributed by atoms with van der Waals surface area (Å²) in [5.74, 6) is -0.914. The van der Waals surface area contributed by atoms with Crippen molar-refractivity contribution in [1.82, 2.24) is 9.80 Å². The number of halogens is 2. The van der Waals surface area contributed by atoms with Gasteiger partial charge < -0.3 is 5.32 Å². The van der Waals surface area contributed by atoms with Gasteiger partial charge in [-0.05, 0) is 31.3 Å². The number of nitrogens with zero attached hydrogens (tertiary/aromatic N) is 2. The summed E-state index contributed by atoms with van der Waals surface area (Å²) >= 11 is 12.1. The van der Waals surface area contributed by atoms with Gasteiger partial charge in [0.05, 0.1) is 33.4 Å². The molecule has 1 aliphatic heterocycles. The topological polar surface area (TPSA) is 69.7 Å². The van der Waals surface area contributed by atoms with Crippen molar-refractivity contribution in [2.75, 3.05) is 32.0 Å². The molecular weight excluding hydrogens is 389 g/mol. The second-order valence-corrected chi connectivity index (χ2v) is 7.00. The number of para-hydroxylation sites is 1. The highest BCUT2D eigenvalue weighted by molar-refractivity contribution is 6.39. The van der Waals surface area contributed by atoms with Crippen molar-refractivity contribution in [2.24, 2.45) is 0 Å². The van der Waals surface area contributed by atoms with Crippen LogP contribution in [0.1, 0.15) is 20.7 Å². The molecule has 0 saturated carbocycles. The Morgan fingerprint density at radius 1 is 1.00 bits per heavy atom. The first kappa shape index (κ1) is 19.4. The molecule has 2 aromatic carbocycles. The number of carbonyl (C=O) groups excluding carboxylic acids is 3. The van der Waals surface area contributed by atoms with E-state index in [4.69, 9.17) is 23.2 Å². The fourth-order valence-corrected chi connectivity index (χ4v) is 3.33. The minimum Gasteiger partial charge on any atom is -0.322 e. The van der Waals surface area contributed by atoms with Gasteiger partial charge in [0.25, 0.3) is 11.8 Å². The zero-order valence-electron chi connectivity index (χ0n) is 14.5. The molecule has 27 heavy (non-hydrogen) atoms. The van der Waals surface area contributed by atoms with Crippen LogP contribution in [0, 0.1) is 0 Å². The number of carbonyl (C=O) groups is 3. The first-order valence-electron chi connectivity index (χ1n) is 8.26. The average molecular weight is 406 g/mol. The van der Waals surface area contributed by atoms with Gasteiger partial charge in [-0.3, -0.25) is 24.2 Å². The van der Waals surface area contributed by atoms with Crippen molar-refractivity contribution in [3.8, 4) is 0 Å². The maximum absolute atomic E-state index is 12.3. The predicted molar refractivity (Wildman–Crippen MR) is 104 cm³/mol. The average Bonchev–Trinajstić information content (AvgIpc) is 2.88. The Labute approximate surface area is 166 Å². The van der Waals surface area contributed by atoms with E-state index in [-0.39, 0.29) is 30.8 Å². The van der Waals surface area contributed by atoms with Crippen molar-refractivity contribution in [2.45, 2.75) is 0 Å². The standard InChI is InChI=1S/C19H17Cl2N3O3/c1-23(11-16(25)22-17-14(20)7-4-8-15(17)21)9-10-24-18(26)12-5-2-3-6-13(12)19(24)27/h2-8H,9-11H2,1H3,(H,22,25). The van der Waals surface area contributed by atoms with E-state index in [1.807, 2.05) is 0 Å². The van der Waals surface area contributed by atoms with Crippen LogP contribution in [0.2, 0.25) is 10.0 Å². The third-order valence-electron chi connectivity index (χ3n) is 4.22. The number of likely N-dealkylation sites (N-methyl/N-ethyl adjacent to an activating group) is 1. The maximum atomic E-state index is 12.3. The summed E-state index contributed by atoms with van der Waals surface area (Å²) in [7, 11) is 1.73. The lowest BCUT2D eigenvalue weighted by atomic mass is 10.1. The molecule has 0 aromatic heterocycles. The first-order chi connectivity index (χ1) is 12.9. The summed E-state index contributed by atoms with van der Waals surface area (Å²) in [5.41, 5.74) is 1.19. The Hall–Kier alpha value is -2.41. The van der Waals surface area contributed by atoms with Crippen molar-refractivity contribution in [3.05, 3.63) is 63.6 Å². The van der Waals surface area contributed by atoms with Gasteiger partial charge in [-0.2, -0.15) is 0 Å². The van der Waals surface area contributed by atoms with Gasteiger partial charge in [0.1, 0.15) is 0 Å². The minimum absolute atomic E-state index is 0.0602. The highest BCUT2D eigenvalue weighted by atomic mass is 35.5. The summed E-state index contributed by atoms with van der Waals surface area (Å²) in [4.78, 5) is 39.8. The highest BCUT2D eigenvalue weighted by Gasteiger charge is 2.34. The third-order valence-corrected chi connectivity index (χ3v) is 4.85. The molecule has 0 radical (unpaired) electrons. The molecule has 1 N–H and O–H groups in total. The largest absolute Gasteiger partial charge is 0.322 e. The lowest BCUT2D eigenvalue weighted by Gasteiger charge is -2.20. The molecule has 8 heteroatoms. The van der Waals surface area contributed by atoms with E-state index in [0.29, 0.717) is 33.4 Å². The van der Waals surface area contributed by atoms with Gasteiger partial charge in [0, 0.05) is 13.1 Å². The Morgan fingerprint density at radius 3 is 2.11 bits per heavy atom. The summed E-state index contributed by atoms with van der Waals surface area (Å²) < 4.78 is 0. The van der Waals surface area contributed by atoms with Gasteiger partial charge in [0.2, 0.25) is 5.91 Å². The molecule has 0 atom stereocenters. The van der Waals surface area contributed by atoms with Crippen LogP contribution in [0.5, 0.6) is 0 Å². The van der Waals surface area contributed by atoms with E-state index < -0.39 is 0 Å². The van der Waals surface area contributed by atoms with E-state index in [2.05, 4.69) is 5.32 Å². The van der Waals surface area contributed by atoms with Crippen LogP contribution in [0.25, 0.3) is 0 Å². The molecule has 0 fully saturated rings. The third kappa shape index (κ3) is 4.13. The monoisotopic (exact) mass is 405 g/mol. The number of amides is 3. The van der Waals surface area contributed by atoms with E-state index in [1.54, 1.807) is 54.4 Å². The Kier molecular flexibility index (Phi) is 5.79. The molecule has 2 aromatic rings. The Morgan fingerprint density at radius 2 is 1.56 bits per heavy atom. The number of rotatable bonds is 6. The Balaban J connectivity index is 1.55. The number of hydrogen-bond donors (Lipinski definition) is 1. The molecule has 0 aliphatic carbocycles. The van der Waals surface area contributed by atoms with Crippen LogP contribution in [0.3, 0.4) is 0 Å². The van der Waals surface area contributed by atoms with Crippen LogP contribution >= 0.6 is 23.2 Å². The fraction of sp³-hybridized carbons (Fsp3) is 0.211. The molecule has 6 nitrogen and oxygen atoms in total. The molecule has 0 unspecified atom stereocenters. The zero-order valence-corrected chi connectivity index (χ0v) is 16.0. The number of fused-ring (bicyclic) bond motifs is 1. The van der Waals surface area contributed by atoms with E-state index in [0.717, 1.165) is 0 Å². The van der Waals surface area contributed by atoms with Gasteiger partial charge in [-0.1, -0.05) is 41.4 Å². The SMILES string of the molecule is CN(CCN1C(=O)c2ccccc2C1=O)CC(=O)Nc1c(Cl)cccc1Cl. The molecule has 140 valence electrons. The quantitative estimate of drug-likeness (QED) is 0.749. The second kappa shape index (κ2) is 8.08. The molecule has 3 rings (SSSR count). The first-order valence-corrected chi connectivity index (χ1v) is 9.01. The van der Waals surface area contributed by atoms with Gasteiger partial charge in [0.15, 0.2) is 0 Å². The summed E-state index contributed by atoms with van der Waals surface area (Å²) in [6, 6.07) is 11.7. The van der Waals surface area contributed by atoms with Crippen LogP contribution in [0.15, 0.2) is 42.5 Å². The smallest absolute Gasteiger partial charge is 0.261 e. The van der Waals surface area contributed by atoms with Gasteiger partial charge in [-0.25, -0.2) is 0 Å². The molecule has 0 spiro atoms. The number of anilines is 1. The predicted octanol–water partition coefficient (Wildman–Crippen LogP) is 3.16. The molecule has 1 aliphatic rings. The van der Waals surface area contributed by atoms with Crippen molar-refractivity contribution < 1.29 is 14.4 Å². The molecular formula is C19H17Cl2N3O3. The molecule has 0 saturated heterocycles. The maximum Gasteiger partial charge on any atom is 0.261 e. The van der Waals surface area contributed by atoms with Crippen LogP contribution in [-0.2, 0) is 4.79 Å². The van der Waals surface area contributed by atoms with E-state index in [9.17, 15) is 14.4 Å². The number of benzene rings is 2. The normalized spacial score (nSPS) is 13.3. The van der Waals surface area contributed by atoms with E-state index >= 15 is 0 Å². The van der Waals surface area contributed by atoms with Crippen LogP contribution < -0.4 is 5.32 Å².